The average molecular weight is 257 g/mol. The summed E-state index contributed by atoms with van der Waals surface area (Å²) in [5.74, 6) is 0. The third-order valence-corrected chi connectivity index (χ3v) is 2.89. The quantitative estimate of drug-likeness (QED) is 0.806. The fraction of sp³-hybridized carbons (Fsp3) is 0.417. The molecule has 1 rings (SSSR count). The molecule has 0 bridgehead atoms. The fourth-order valence-corrected chi connectivity index (χ4v) is 1.70. The minimum atomic E-state index is 0.375. The van der Waals surface area contributed by atoms with Gasteiger partial charge >= 0.3 is 0 Å². The molecule has 0 heterocycles. The van der Waals surface area contributed by atoms with E-state index in [2.05, 4.69) is 24.5 Å². The number of hydrogen-bond donors (Lipinski definition) is 2. The summed E-state index contributed by atoms with van der Waals surface area (Å²) in [7, 11) is 0. The number of aryl methyl sites for hydroxylation is 1. The van der Waals surface area contributed by atoms with Gasteiger partial charge in [-0.2, -0.15) is 0 Å². The number of thiocarbonyl (C=S) groups is 1. The summed E-state index contributed by atoms with van der Waals surface area (Å²) in [6.07, 6.45) is 1.04. The summed E-state index contributed by atoms with van der Waals surface area (Å²) in [5, 5.41) is 7.70. The van der Waals surface area contributed by atoms with Crippen molar-refractivity contribution in [3.63, 3.8) is 0 Å². The highest BCUT2D eigenvalue weighted by Gasteiger charge is 2.04. The first kappa shape index (κ1) is 13.3. The first-order valence-corrected chi connectivity index (χ1v) is 6.15. The maximum atomic E-state index is 5.93. The molecule has 4 heteroatoms. The van der Waals surface area contributed by atoms with E-state index in [4.69, 9.17) is 23.8 Å². The molecule has 0 aliphatic carbocycles. The van der Waals surface area contributed by atoms with E-state index in [1.54, 1.807) is 0 Å². The Morgan fingerprint density at radius 2 is 2.19 bits per heavy atom. The van der Waals surface area contributed by atoms with Crippen molar-refractivity contribution in [1.29, 1.82) is 0 Å². The Hall–Kier alpha value is -0.800. The van der Waals surface area contributed by atoms with E-state index in [1.807, 2.05) is 25.1 Å². The Morgan fingerprint density at radius 3 is 2.81 bits per heavy atom. The fourth-order valence-electron chi connectivity index (χ4n) is 1.21. The topological polar surface area (TPSA) is 24.1 Å². The monoisotopic (exact) mass is 256 g/mol. The third-order valence-electron chi connectivity index (χ3n) is 2.44. The lowest BCUT2D eigenvalue weighted by Gasteiger charge is -2.16. The normalized spacial score (nSPS) is 12.0. The van der Waals surface area contributed by atoms with E-state index in [1.165, 1.54) is 0 Å². The molecule has 2 nitrogen and oxygen atoms in total. The van der Waals surface area contributed by atoms with Crippen molar-refractivity contribution in [3.8, 4) is 0 Å². The zero-order valence-electron chi connectivity index (χ0n) is 9.80. The third kappa shape index (κ3) is 3.99. The lowest BCUT2D eigenvalue weighted by atomic mass is 10.2. The van der Waals surface area contributed by atoms with Crippen LogP contribution in [0.15, 0.2) is 18.2 Å². The molecule has 0 amide bonds. The van der Waals surface area contributed by atoms with E-state index in [-0.39, 0.29) is 0 Å². The molecule has 0 aliphatic heterocycles. The van der Waals surface area contributed by atoms with Crippen LogP contribution in [0, 0.1) is 6.92 Å². The van der Waals surface area contributed by atoms with Crippen molar-refractivity contribution in [1.82, 2.24) is 5.32 Å². The zero-order chi connectivity index (χ0) is 12.1. The van der Waals surface area contributed by atoms with Crippen LogP contribution in [0.2, 0.25) is 5.02 Å². The van der Waals surface area contributed by atoms with Crippen LogP contribution in [-0.2, 0) is 0 Å². The van der Waals surface area contributed by atoms with Gasteiger partial charge in [0.2, 0.25) is 0 Å². The van der Waals surface area contributed by atoms with Crippen molar-refractivity contribution in [3.05, 3.63) is 28.8 Å². The lowest BCUT2D eigenvalue weighted by Crippen LogP contribution is -2.35. The number of halogens is 1. The number of hydrogen-bond acceptors (Lipinski definition) is 1. The Morgan fingerprint density at radius 1 is 1.50 bits per heavy atom. The number of benzene rings is 1. The molecule has 1 aromatic rings. The SMILES string of the molecule is CCC(C)NC(=S)Nc1cc(Cl)ccc1C. The van der Waals surface area contributed by atoms with E-state index < -0.39 is 0 Å². The van der Waals surface area contributed by atoms with Gasteiger partial charge in [-0.15, -0.1) is 0 Å². The van der Waals surface area contributed by atoms with Crippen LogP contribution < -0.4 is 10.6 Å². The molecule has 0 aromatic heterocycles. The second-order valence-corrected chi connectivity index (χ2v) is 4.71. The second-order valence-electron chi connectivity index (χ2n) is 3.87. The van der Waals surface area contributed by atoms with Gasteiger partial charge in [0.15, 0.2) is 5.11 Å². The van der Waals surface area contributed by atoms with Crippen LogP contribution in [0.3, 0.4) is 0 Å². The van der Waals surface area contributed by atoms with E-state index in [0.717, 1.165) is 17.7 Å². The van der Waals surface area contributed by atoms with E-state index in [0.29, 0.717) is 16.2 Å². The molecule has 0 aliphatic rings. The zero-order valence-corrected chi connectivity index (χ0v) is 11.4. The standard InChI is InChI=1S/C12H17ClN2S/c1-4-9(3)14-12(16)15-11-7-10(13)6-5-8(11)2/h5-7,9H,4H2,1-3H3,(H2,14,15,16). The van der Waals surface area contributed by atoms with Crippen LogP contribution >= 0.6 is 23.8 Å². The van der Waals surface area contributed by atoms with Gasteiger partial charge in [-0.05, 0) is 50.2 Å². The summed E-state index contributed by atoms with van der Waals surface area (Å²) >= 11 is 11.1. The summed E-state index contributed by atoms with van der Waals surface area (Å²) in [4.78, 5) is 0. The van der Waals surface area contributed by atoms with Gasteiger partial charge in [0.1, 0.15) is 0 Å². The van der Waals surface area contributed by atoms with Crippen molar-refractivity contribution < 1.29 is 0 Å². The lowest BCUT2D eigenvalue weighted by molar-refractivity contribution is 0.646. The second kappa shape index (κ2) is 6.06. The molecule has 88 valence electrons. The maximum absolute atomic E-state index is 5.93. The Balaban J connectivity index is 2.65. The van der Waals surface area contributed by atoms with Crippen molar-refractivity contribution in [2.75, 3.05) is 5.32 Å². The highest BCUT2D eigenvalue weighted by molar-refractivity contribution is 7.80. The maximum Gasteiger partial charge on any atom is 0.170 e. The van der Waals surface area contributed by atoms with Crippen molar-refractivity contribution in [2.24, 2.45) is 0 Å². The van der Waals surface area contributed by atoms with Gasteiger partial charge in [-0.1, -0.05) is 24.6 Å². The first-order chi connectivity index (χ1) is 7.52. The molecular weight excluding hydrogens is 240 g/mol. The Bertz CT molecular complexity index is 379. The molecule has 2 N–H and O–H groups in total. The molecule has 1 unspecified atom stereocenters. The van der Waals surface area contributed by atoms with Gasteiger partial charge in [0, 0.05) is 16.8 Å². The molecule has 0 saturated carbocycles. The van der Waals surface area contributed by atoms with Gasteiger partial charge in [0.25, 0.3) is 0 Å². The Kier molecular flexibility index (Phi) is 5.03. The molecule has 0 radical (unpaired) electrons. The van der Waals surface area contributed by atoms with E-state index in [9.17, 15) is 0 Å². The summed E-state index contributed by atoms with van der Waals surface area (Å²) in [6, 6.07) is 6.09. The predicted molar refractivity (Wildman–Crippen MR) is 75.3 cm³/mol. The molecule has 0 spiro atoms. The first-order valence-electron chi connectivity index (χ1n) is 5.36. The van der Waals surface area contributed by atoms with Crippen molar-refractivity contribution >= 4 is 34.6 Å². The summed E-state index contributed by atoms with van der Waals surface area (Å²) in [5.41, 5.74) is 2.08. The van der Waals surface area contributed by atoms with Crippen LogP contribution in [-0.4, -0.2) is 11.2 Å². The molecular formula is C12H17ClN2S. The smallest absolute Gasteiger partial charge is 0.170 e. The minimum Gasteiger partial charge on any atom is -0.360 e. The highest BCUT2D eigenvalue weighted by Crippen LogP contribution is 2.19. The molecule has 1 aromatic carbocycles. The Labute approximate surface area is 107 Å². The highest BCUT2D eigenvalue weighted by atomic mass is 35.5. The van der Waals surface area contributed by atoms with Gasteiger partial charge in [-0.25, -0.2) is 0 Å². The molecule has 0 saturated heterocycles. The molecule has 16 heavy (non-hydrogen) atoms. The van der Waals surface area contributed by atoms with Crippen LogP contribution in [0.25, 0.3) is 0 Å². The minimum absolute atomic E-state index is 0.375. The van der Waals surface area contributed by atoms with E-state index >= 15 is 0 Å². The summed E-state index contributed by atoms with van der Waals surface area (Å²) < 4.78 is 0. The van der Waals surface area contributed by atoms with Crippen LogP contribution in [0.1, 0.15) is 25.8 Å². The van der Waals surface area contributed by atoms with Crippen LogP contribution in [0.4, 0.5) is 5.69 Å². The predicted octanol–water partition coefficient (Wildman–Crippen LogP) is 3.73. The van der Waals surface area contributed by atoms with Gasteiger partial charge in [0.05, 0.1) is 0 Å². The van der Waals surface area contributed by atoms with Crippen LogP contribution in [0.5, 0.6) is 0 Å². The molecule has 1 atom stereocenters. The van der Waals surface area contributed by atoms with Gasteiger partial charge < -0.3 is 10.6 Å². The van der Waals surface area contributed by atoms with Crippen molar-refractivity contribution in [2.45, 2.75) is 33.2 Å². The number of rotatable bonds is 3. The van der Waals surface area contributed by atoms with Gasteiger partial charge in [-0.3, -0.25) is 0 Å². The number of nitrogens with one attached hydrogen (secondary N) is 2. The largest absolute Gasteiger partial charge is 0.360 e. The summed E-state index contributed by atoms with van der Waals surface area (Å²) in [6.45, 7) is 6.23. The molecule has 0 fully saturated rings. The number of anilines is 1. The average Bonchev–Trinajstić information content (AvgIpc) is 2.23.